The highest BCUT2D eigenvalue weighted by molar-refractivity contribution is 7.17. The van der Waals surface area contributed by atoms with E-state index in [1.165, 1.54) is 11.3 Å². The summed E-state index contributed by atoms with van der Waals surface area (Å²) in [6.45, 7) is 3.64. The summed E-state index contributed by atoms with van der Waals surface area (Å²) in [6.07, 6.45) is 3.69. The summed E-state index contributed by atoms with van der Waals surface area (Å²) in [5.41, 5.74) is 1.35. The van der Waals surface area contributed by atoms with E-state index in [1.54, 1.807) is 6.92 Å². The predicted octanol–water partition coefficient (Wildman–Crippen LogP) is 4.74. The number of halogens is 2. The van der Waals surface area contributed by atoms with E-state index in [0.29, 0.717) is 22.5 Å². The molecular formula is C21H23F2NO4S. The number of carbonyl (C=O) groups excluding carboxylic acids is 2. The van der Waals surface area contributed by atoms with Gasteiger partial charge >= 0.3 is 5.97 Å². The average Bonchev–Trinajstić information content (AvgIpc) is 3.04. The smallest absolute Gasteiger partial charge is 0.341 e. The molecule has 8 heteroatoms. The van der Waals surface area contributed by atoms with Crippen LogP contribution in [0.3, 0.4) is 0 Å². The Kier molecular flexibility index (Phi) is 6.84. The zero-order valence-corrected chi connectivity index (χ0v) is 17.2. The van der Waals surface area contributed by atoms with Gasteiger partial charge in [0.2, 0.25) is 0 Å². The van der Waals surface area contributed by atoms with Crippen LogP contribution in [0, 0.1) is 17.6 Å². The number of hydrogen-bond donors (Lipinski definition) is 1. The van der Waals surface area contributed by atoms with Crippen LogP contribution in [0.1, 0.15) is 47.5 Å². The first kappa shape index (κ1) is 21.2. The lowest BCUT2D eigenvalue weighted by atomic mass is 9.85. The number of nitrogens with one attached hydrogen (secondary N) is 1. The largest absolute Gasteiger partial charge is 0.481 e. The van der Waals surface area contributed by atoms with Crippen LogP contribution >= 0.6 is 11.3 Å². The van der Waals surface area contributed by atoms with E-state index in [0.717, 1.165) is 48.3 Å². The highest BCUT2D eigenvalue weighted by Gasteiger charge is 2.29. The van der Waals surface area contributed by atoms with Gasteiger partial charge in [0, 0.05) is 10.9 Å². The second kappa shape index (κ2) is 9.35. The van der Waals surface area contributed by atoms with Crippen LogP contribution < -0.4 is 10.1 Å². The van der Waals surface area contributed by atoms with Crippen molar-refractivity contribution >= 4 is 28.2 Å². The van der Waals surface area contributed by atoms with Crippen molar-refractivity contribution in [3.63, 3.8) is 0 Å². The molecule has 0 saturated carbocycles. The number of amides is 1. The number of rotatable bonds is 7. The maximum absolute atomic E-state index is 13.7. The Morgan fingerprint density at radius 2 is 2.07 bits per heavy atom. The zero-order valence-electron chi connectivity index (χ0n) is 16.3. The maximum atomic E-state index is 13.7. The molecule has 0 fully saturated rings. The normalized spacial score (nSPS) is 15.5. The van der Waals surface area contributed by atoms with Crippen LogP contribution in [0.25, 0.3) is 0 Å². The Balaban J connectivity index is 1.75. The summed E-state index contributed by atoms with van der Waals surface area (Å²) in [4.78, 5) is 25.9. The van der Waals surface area contributed by atoms with Gasteiger partial charge in [-0.2, -0.15) is 0 Å². The molecule has 1 aliphatic rings. The molecule has 0 unspecified atom stereocenters. The molecule has 3 rings (SSSR count). The van der Waals surface area contributed by atoms with Crippen molar-refractivity contribution in [1.29, 1.82) is 0 Å². The standard InChI is InChI=1S/C21H23F2NO4S/c1-3-12-5-7-14-17(9-12)29-20(19(14)21(26)27-4-2)24-18(25)11-28-16-8-6-13(22)10-15(16)23/h6,8,10,12H,3-5,7,9,11H2,1-2H3,(H,24,25)/t12-/m0/s1. The molecule has 0 radical (unpaired) electrons. The molecule has 29 heavy (non-hydrogen) atoms. The van der Waals surface area contributed by atoms with Gasteiger partial charge in [0.05, 0.1) is 12.2 Å². The first-order valence-corrected chi connectivity index (χ1v) is 10.4. The van der Waals surface area contributed by atoms with Crippen LogP contribution in [0.5, 0.6) is 5.75 Å². The highest BCUT2D eigenvalue weighted by atomic mass is 32.1. The Hall–Kier alpha value is -2.48. The first-order valence-electron chi connectivity index (χ1n) is 9.62. The summed E-state index contributed by atoms with van der Waals surface area (Å²) in [7, 11) is 0. The Morgan fingerprint density at radius 1 is 1.28 bits per heavy atom. The average molecular weight is 423 g/mol. The van der Waals surface area contributed by atoms with Gasteiger partial charge in [-0.05, 0) is 49.8 Å². The number of thiophene rings is 1. The first-order chi connectivity index (χ1) is 13.9. The van der Waals surface area contributed by atoms with Gasteiger partial charge < -0.3 is 14.8 Å². The van der Waals surface area contributed by atoms with Gasteiger partial charge in [-0.15, -0.1) is 11.3 Å². The fourth-order valence-electron chi connectivity index (χ4n) is 3.41. The maximum Gasteiger partial charge on any atom is 0.341 e. The molecule has 1 N–H and O–H groups in total. The summed E-state index contributed by atoms with van der Waals surface area (Å²) >= 11 is 1.38. The number of ether oxygens (including phenoxy) is 2. The van der Waals surface area contributed by atoms with Crippen LogP contribution in [-0.2, 0) is 22.4 Å². The van der Waals surface area contributed by atoms with E-state index in [4.69, 9.17) is 9.47 Å². The molecule has 1 amide bonds. The Bertz CT molecular complexity index is 912. The number of anilines is 1. The van der Waals surface area contributed by atoms with Crippen molar-refractivity contribution in [2.24, 2.45) is 5.92 Å². The number of esters is 1. The highest BCUT2D eigenvalue weighted by Crippen LogP contribution is 2.40. The minimum absolute atomic E-state index is 0.219. The van der Waals surface area contributed by atoms with Gasteiger partial charge in [-0.3, -0.25) is 4.79 Å². The minimum atomic E-state index is -0.887. The van der Waals surface area contributed by atoms with Gasteiger partial charge in [0.15, 0.2) is 18.2 Å². The third-order valence-electron chi connectivity index (χ3n) is 4.93. The van der Waals surface area contributed by atoms with Crippen LogP contribution in [0.2, 0.25) is 0 Å². The summed E-state index contributed by atoms with van der Waals surface area (Å²) in [5.74, 6) is -2.27. The van der Waals surface area contributed by atoms with E-state index >= 15 is 0 Å². The fourth-order valence-corrected chi connectivity index (χ4v) is 4.77. The topological polar surface area (TPSA) is 64.6 Å². The molecular weight excluding hydrogens is 400 g/mol. The lowest BCUT2D eigenvalue weighted by Gasteiger charge is -2.20. The Labute approximate surface area is 172 Å². The molecule has 1 heterocycles. The number of carbonyl (C=O) groups is 2. The molecule has 1 aromatic heterocycles. The molecule has 0 saturated heterocycles. The summed E-state index contributed by atoms with van der Waals surface area (Å²) in [6, 6.07) is 2.85. The van der Waals surface area contributed by atoms with Gasteiger partial charge in [0.25, 0.3) is 5.91 Å². The van der Waals surface area contributed by atoms with Crippen molar-refractivity contribution in [3.8, 4) is 5.75 Å². The van der Waals surface area contributed by atoms with Crippen molar-refractivity contribution in [3.05, 3.63) is 45.8 Å². The van der Waals surface area contributed by atoms with E-state index in [2.05, 4.69) is 12.2 Å². The summed E-state index contributed by atoms with van der Waals surface area (Å²) in [5, 5.41) is 3.13. The Morgan fingerprint density at radius 3 is 2.76 bits per heavy atom. The molecule has 156 valence electrons. The van der Waals surface area contributed by atoms with E-state index < -0.39 is 30.1 Å². The second-order valence-electron chi connectivity index (χ2n) is 6.86. The fraction of sp³-hybridized carbons (Fsp3) is 0.429. The van der Waals surface area contributed by atoms with Crippen LogP contribution in [-0.4, -0.2) is 25.1 Å². The van der Waals surface area contributed by atoms with Crippen molar-refractivity contribution in [1.82, 2.24) is 0 Å². The summed E-state index contributed by atoms with van der Waals surface area (Å²) < 4.78 is 36.9. The zero-order chi connectivity index (χ0) is 21.0. The van der Waals surface area contributed by atoms with Gasteiger partial charge in [-0.25, -0.2) is 13.6 Å². The predicted molar refractivity (Wildman–Crippen MR) is 107 cm³/mol. The van der Waals surface area contributed by atoms with Gasteiger partial charge in [0.1, 0.15) is 10.8 Å². The second-order valence-corrected chi connectivity index (χ2v) is 7.96. The van der Waals surface area contributed by atoms with E-state index in [9.17, 15) is 18.4 Å². The molecule has 1 atom stereocenters. The van der Waals surface area contributed by atoms with Crippen LogP contribution in [0.15, 0.2) is 18.2 Å². The van der Waals surface area contributed by atoms with Crippen molar-refractivity contribution in [2.75, 3.05) is 18.5 Å². The molecule has 0 spiro atoms. The van der Waals surface area contributed by atoms with E-state index in [1.807, 2.05) is 0 Å². The molecule has 0 aliphatic heterocycles. The minimum Gasteiger partial charge on any atom is -0.481 e. The molecule has 0 bridgehead atoms. The molecule has 2 aromatic rings. The number of fused-ring (bicyclic) bond motifs is 1. The molecule has 5 nitrogen and oxygen atoms in total. The quantitative estimate of drug-likeness (QED) is 0.654. The lowest BCUT2D eigenvalue weighted by Crippen LogP contribution is -2.22. The van der Waals surface area contributed by atoms with E-state index in [-0.39, 0.29) is 12.4 Å². The van der Waals surface area contributed by atoms with Gasteiger partial charge in [-0.1, -0.05) is 13.3 Å². The van der Waals surface area contributed by atoms with Crippen molar-refractivity contribution in [2.45, 2.75) is 39.5 Å². The SMILES string of the molecule is CCOC(=O)c1c(NC(=O)COc2ccc(F)cc2F)sc2c1CC[C@H](CC)C2. The monoisotopic (exact) mass is 423 g/mol. The lowest BCUT2D eigenvalue weighted by molar-refractivity contribution is -0.118. The molecule has 1 aromatic carbocycles. The third-order valence-corrected chi connectivity index (χ3v) is 6.10. The third kappa shape index (κ3) is 4.93. The number of hydrogen-bond acceptors (Lipinski definition) is 5. The van der Waals surface area contributed by atoms with Crippen LogP contribution in [0.4, 0.5) is 13.8 Å². The number of benzene rings is 1. The van der Waals surface area contributed by atoms with Crippen molar-refractivity contribution < 1.29 is 27.8 Å². The molecule has 1 aliphatic carbocycles.